The van der Waals surface area contributed by atoms with Crippen LogP contribution in [0.4, 0.5) is 0 Å². The van der Waals surface area contributed by atoms with Crippen molar-refractivity contribution in [3.8, 4) is 5.75 Å². The smallest absolute Gasteiger partial charge is 0.317 e. The van der Waals surface area contributed by atoms with Crippen LogP contribution in [-0.4, -0.2) is 175 Å². The van der Waals surface area contributed by atoms with Gasteiger partial charge in [0.25, 0.3) is 0 Å². The van der Waals surface area contributed by atoms with Crippen molar-refractivity contribution in [3.05, 3.63) is 29.8 Å². The van der Waals surface area contributed by atoms with Crippen LogP contribution in [0.2, 0.25) is 0 Å². The number of fused-ring (bicyclic) bond motifs is 11. The van der Waals surface area contributed by atoms with E-state index in [-0.39, 0.29) is 89.3 Å². The van der Waals surface area contributed by atoms with E-state index in [1.54, 1.807) is 51.5 Å². The zero-order valence-electron chi connectivity index (χ0n) is 37.0. The Bertz CT molecular complexity index is 1660. The van der Waals surface area contributed by atoms with Crippen LogP contribution in [0, 0.1) is 17.8 Å². The van der Waals surface area contributed by atoms with Crippen LogP contribution in [0.5, 0.6) is 5.75 Å². The fourth-order valence-corrected chi connectivity index (χ4v) is 7.03. The molecule has 5 amide bonds. The number of hydrogen-bond donors (Lipinski definition) is 10. The van der Waals surface area contributed by atoms with Gasteiger partial charge in [-0.05, 0) is 69.3 Å². The fourth-order valence-electron chi connectivity index (χ4n) is 7.03. The second kappa shape index (κ2) is 28.9. The lowest BCUT2D eigenvalue weighted by Gasteiger charge is -2.29. The van der Waals surface area contributed by atoms with E-state index in [0.29, 0.717) is 56.9 Å². The zero-order chi connectivity index (χ0) is 46.9. The number of nitrogens with one attached hydrogen (secondary N) is 5. The molecule has 0 saturated heterocycles. The van der Waals surface area contributed by atoms with Gasteiger partial charge in [-0.1, -0.05) is 32.9 Å². The Kier molecular flexibility index (Phi) is 24.6. The summed E-state index contributed by atoms with van der Waals surface area (Å²) in [6.45, 7) is 7.45. The number of nitrogens with zero attached hydrogens (tertiary/aromatic N) is 4. The number of aliphatic imine (C=N–C) groups is 1. The molecule has 63 heavy (non-hydrogen) atoms. The molecule has 2 unspecified atom stereocenters. The Morgan fingerprint density at radius 1 is 0.921 bits per heavy atom. The van der Waals surface area contributed by atoms with E-state index in [4.69, 9.17) is 21.3 Å². The molecule has 1 aromatic carbocycles. The number of hydroxylamine groups is 1. The third-order valence-electron chi connectivity index (χ3n) is 10.4. The predicted molar refractivity (Wildman–Crippen MR) is 232 cm³/mol. The second-order valence-electron chi connectivity index (χ2n) is 16.0. The maximum absolute atomic E-state index is 14.1. The number of amides is 5. The number of ether oxygens (including phenoxy) is 1. The normalized spacial score (nSPS) is 17.3. The van der Waals surface area contributed by atoms with Gasteiger partial charge < -0.3 is 47.7 Å². The molecule has 2 bridgehead atoms. The number of carboxylic acid groups (broad SMARTS) is 2. The number of carbonyl (C=O) groups excluding carboxylic acids is 5. The van der Waals surface area contributed by atoms with Gasteiger partial charge in [0.2, 0.25) is 29.5 Å². The molecular formula is C41H69N11O11. The number of benzene rings is 1. The molecule has 3 rings (SSSR count). The Hall–Kier alpha value is -5.58. The Morgan fingerprint density at radius 3 is 2.19 bits per heavy atom. The van der Waals surface area contributed by atoms with Crippen molar-refractivity contribution < 1.29 is 53.7 Å². The average Bonchev–Trinajstić information content (AvgIpc) is 3.22. The molecule has 0 aliphatic carbocycles. The maximum Gasteiger partial charge on any atom is 0.317 e. The second-order valence-corrected chi connectivity index (χ2v) is 16.0. The van der Waals surface area contributed by atoms with Gasteiger partial charge in [-0.15, -0.1) is 0 Å². The molecule has 2 heterocycles. The third-order valence-corrected chi connectivity index (χ3v) is 10.4. The summed E-state index contributed by atoms with van der Waals surface area (Å²) in [5.41, 5.74) is 13.3. The lowest BCUT2D eigenvalue weighted by Crippen LogP contribution is -2.56. The van der Waals surface area contributed by atoms with E-state index in [2.05, 4.69) is 26.3 Å². The molecule has 0 saturated carbocycles. The quantitative estimate of drug-likeness (QED) is 0.0161. The highest BCUT2D eigenvalue weighted by molar-refractivity contribution is 5.94. The maximum atomic E-state index is 14.1. The summed E-state index contributed by atoms with van der Waals surface area (Å²) >= 11 is 0. The SMILES string of the molecule is CCN(CCN(CCN(C)CC(=O)O)CC(=O)NCCNC(=O)[C@H](CCCN=C(N)N)NC(=O)C1Cc2ccc(cc2)OCCCC(C(=O)NO)[C@@H](CC(C)C)C(=O)N1)CC(=O)O. The number of rotatable bonds is 26. The Labute approximate surface area is 368 Å². The summed E-state index contributed by atoms with van der Waals surface area (Å²) in [4.78, 5) is 99.3. The van der Waals surface area contributed by atoms with Crippen LogP contribution in [-0.2, 0) is 40.0 Å². The lowest BCUT2D eigenvalue weighted by molar-refractivity contribution is -0.142. The van der Waals surface area contributed by atoms with Crippen LogP contribution >= 0.6 is 0 Å². The van der Waals surface area contributed by atoms with Crippen molar-refractivity contribution in [2.45, 2.75) is 71.4 Å². The minimum absolute atomic E-state index is 0.0182. The molecule has 0 spiro atoms. The highest BCUT2D eigenvalue weighted by Crippen LogP contribution is 2.27. The highest BCUT2D eigenvalue weighted by atomic mass is 16.5. The topological polar surface area (TPSA) is 324 Å². The summed E-state index contributed by atoms with van der Waals surface area (Å²) in [6.07, 6.45) is 1.34. The summed E-state index contributed by atoms with van der Waals surface area (Å²) < 4.78 is 5.85. The number of carbonyl (C=O) groups is 7. The van der Waals surface area contributed by atoms with E-state index in [1.165, 1.54) is 0 Å². The summed E-state index contributed by atoms with van der Waals surface area (Å²) in [6, 6.07) is 4.70. The molecule has 1 aromatic rings. The summed E-state index contributed by atoms with van der Waals surface area (Å²) in [5, 5.41) is 39.1. The molecular weight excluding hydrogens is 823 g/mol. The van der Waals surface area contributed by atoms with Crippen molar-refractivity contribution >= 4 is 47.4 Å². The molecule has 4 atom stereocenters. The number of nitrogens with two attached hydrogens (primary N) is 2. The molecule has 0 aromatic heterocycles. The summed E-state index contributed by atoms with van der Waals surface area (Å²) in [7, 11) is 1.64. The van der Waals surface area contributed by atoms with Crippen LogP contribution in [0.25, 0.3) is 0 Å². The molecule has 22 nitrogen and oxygen atoms in total. The van der Waals surface area contributed by atoms with Gasteiger partial charge in [0.05, 0.1) is 32.2 Å². The standard InChI is InChI=1S/C41H69N11O11/c1-5-51(26-36(56)57)19-20-52(18-17-50(4)25-35(54)55)24-34(53)44-15-16-45-39(60)32(9-6-14-46-41(42)43)47-40(61)33-23-28-10-12-29(13-11-28)63-21-7-8-30(38(59)49-62)31(22-27(2)3)37(58)48-33/h10-13,27,30-33,62H,5-9,14-26H2,1-4H3,(H,44,53)(H,45,60)(H,47,61)(H,48,58)(H,49,59)(H,54,55)(H,56,57)(H4,42,43,46)/t30?,31-,32+,33?/m1/s1. The molecule has 2 aliphatic rings. The molecule has 0 radical (unpaired) electrons. The minimum atomic E-state index is -1.19. The Balaban J connectivity index is 2.23. The van der Waals surface area contributed by atoms with Crippen LogP contribution < -0.4 is 43.0 Å². The first-order valence-corrected chi connectivity index (χ1v) is 21.3. The van der Waals surface area contributed by atoms with Crippen molar-refractivity contribution in [3.63, 3.8) is 0 Å². The van der Waals surface area contributed by atoms with Crippen LogP contribution in [0.15, 0.2) is 29.3 Å². The summed E-state index contributed by atoms with van der Waals surface area (Å²) in [5.74, 6) is -6.32. The van der Waals surface area contributed by atoms with Crippen molar-refractivity contribution in [2.75, 3.05) is 85.6 Å². The van der Waals surface area contributed by atoms with Crippen LogP contribution in [0.1, 0.15) is 58.4 Å². The number of aliphatic carboxylic acids is 2. The predicted octanol–water partition coefficient (Wildman–Crippen LogP) is -1.83. The first kappa shape index (κ1) is 53.6. The third kappa shape index (κ3) is 21.9. The number of hydrogen-bond acceptors (Lipinski definition) is 13. The molecule has 22 heteroatoms. The van der Waals surface area contributed by atoms with E-state index in [1.807, 2.05) is 20.8 Å². The van der Waals surface area contributed by atoms with Gasteiger partial charge in [0.15, 0.2) is 5.96 Å². The minimum Gasteiger partial charge on any atom is -0.494 e. The largest absolute Gasteiger partial charge is 0.494 e. The van der Waals surface area contributed by atoms with Crippen molar-refractivity contribution in [1.82, 2.24) is 41.4 Å². The van der Waals surface area contributed by atoms with Crippen molar-refractivity contribution in [2.24, 2.45) is 34.2 Å². The van der Waals surface area contributed by atoms with Gasteiger partial charge >= 0.3 is 11.9 Å². The van der Waals surface area contributed by atoms with Gasteiger partial charge in [-0.25, -0.2) is 5.48 Å². The van der Waals surface area contributed by atoms with Gasteiger partial charge in [-0.2, -0.15) is 0 Å². The van der Waals surface area contributed by atoms with Gasteiger partial charge in [0.1, 0.15) is 17.8 Å². The molecule has 12 N–H and O–H groups in total. The lowest BCUT2D eigenvalue weighted by atomic mass is 9.81. The first-order chi connectivity index (χ1) is 29.9. The van der Waals surface area contributed by atoms with Gasteiger partial charge in [-0.3, -0.25) is 58.5 Å². The van der Waals surface area contributed by atoms with Crippen molar-refractivity contribution in [1.29, 1.82) is 0 Å². The van der Waals surface area contributed by atoms with E-state index >= 15 is 0 Å². The number of carboxylic acids is 2. The van der Waals surface area contributed by atoms with E-state index in [0.717, 1.165) is 0 Å². The fraction of sp³-hybridized carbons (Fsp3) is 0.659. The van der Waals surface area contributed by atoms with Gasteiger partial charge in [0, 0.05) is 58.2 Å². The van der Waals surface area contributed by atoms with E-state index in [9.17, 15) is 43.9 Å². The highest BCUT2D eigenvalue weighted by Gasteiger charge is 2.36. The average molecular weight is 892 g/mol. The van der Waals surface area contributed by atoms with Crippen LogP contribution in [0.3, 0.4) is 0 Å². The van der Waals surface area contributed by atoms with E-state index < -0.39 is 59.5 Å². The monoisotopic (exact) mass is 892 g/mol. The Morgan fingerprint density at radius 2 is 1.57 bits per heavy atom. The number of likely N-dealkylation sites (N-methyl/N-ethyl adjacent to an activating group) is 2. The molecule has 354 valence electrons. The molecule has 0 fully saturated rings. The zero-order valence-corrected chi connectivity index (χ0v) is 37.0. The number of guanidine groups is 1. The first-order valence-electron chi connectivity index (χ1n) is 21.3. The molecule has 2 aliphatic heterocycles.